The van der Waals surface area contributed by atoms with Crippen molar-refractivity contribution in [2.75, 3.05) is 6.61 Å². The molecule has 0 amide bonds. The lowest BCUT2D eigenvalue weighted by molar-refractivity contribution is 0.206. The number of ether oxygens (including phenoxy) is 1. The fraction of sp³-hybridized carbons (Fsp3) is 0.364. The van der Waals surface area contributed by atoms with Crippen LogP contribution in [-0.2, 0) is 17.0 Å². The number of fused-ring (bicyclic) bond motifs is 1. The number of nitrogens with zero attached hydrogens (tertiary/aromatic N) is 1. The fourth-order valence-electron chi connectivity index (χ4n) is 1.62. The van der Waals surface area contributed by atoms with Gasteiger partial charge in [-0.15, -0.1) is 0 Å². The Balaban J connectivity index is 2.42. The van der Waals surface area contributed by atoms with E-state index >= 15 is 0 Å². The van der Waals surface area contributed by atoms with Crippen molar-refractivity contribution < 1.29 is 13.9 Å². The summed E-state index contributed by atoms with van der Waals surface area (Å²) in [6.07, 6.45) is 2.01. The highest BCUT2D eigenvalue weighted by molar-refractivity contribution is 5.43. The number of aliphatic imine (C=N–C) groups is 1. The van der Waals surface area contributed by atoms with Gasteiger partial charge in [-0.1, -0.05) is 6.07 Å². The third-order valence-corrected chi connectivity index (χ3v) is 2.47. The molecule has 0 fully saturated rings. The Morgan fingerprint density at radius 3 is 3.13 bits per heavy atom. The normalized spacial score (nSPS) is 17.2. The maximum Gasteiger partial charge on any atom is 0.238 e. The van der Waals surface area contributed by atoms with Crippen LogP contribution in [0.4, 0.5) is 4.39 Å². The van der Waals surface area contributed by atoms with Crippen molar-refractivity contribution in [3.63, 3.8) is 0 Å². The summed E-state index contributed by atoms with van der Waals surface area (Å²) in [7, 11) is 0. The molecule has 0 aromatic heterocycles. The van der Waals surface area contributed by atoms with Crippen LogP contribution < -0.4 is 4.74 Å². The van der Waals surface area contributed by atoms with E-state index in [9.17, 15) is 9.18 Å². The molecule has 1 heterocycles. The van der Waals surface area contributed by atoms with E-state index in [0.717, 1.165) is 17.7 Å². The lowest BCUT2D eigenvalue weighted by atomic mass is 10.0. The van der Waals surface area contributed by atoms with Crippen molar-refractivity contribution in [3.05, 3.63) is 29.3 Å². The summed E-state index contributed by atoms with van der Waals surface area (Å²) in [5.41, 5.74) is 1.31. The minimum atomic E-state index is -2.00. The molecule has 1 atom stereocenters. The Morgan fingerprint density at radius 2 is 2.40 bits per heavy atom. The molecule has 1 aromatic rings. The third-order valence-electron chi connectivity index (χ3n) is 2.47. The largest absolute Gasteiger partial charge is 0.493 e. The van der Waals surface area contributed by atoms with Gasteiger partial charge < -0.3 is 4.74 Å². The van der Waals surface area contributed by atoms with Crippen molar-refractivity contribution >= 4 is 6.08 Å². The summed E-state index contributed by atoms with van der Waals surface area (Å²) in [6, 6.07) is 4.96. The standard InChI is InChI=1S/C11H10FNO2/c1-11(12,13-7-14)9-2-3-10-8(6-9)4-5-15-10/h2-3,6H,4-5H2,1H3. The van der Waals surface area contributed by atoms with Crippen LogP contribution >= 0.6 is 0 Å². The van der Waals surface area contributed by atoms with E-state index in [1.165, 1.54) is 13.0 Å². The average molecular weight is 207 g/mol. The molecule has 0 aliphatic carbocycles. The van der Waals surface area contributed by atoms with Crippen LogP contribution in [0.15, 0.2) is 23.2 Å². The zero-order valence-corrected chi connectivity index (χ0v) is 8.29. The Hall–Kier alpha value is -1.67. The zero-order chi connectivity index (χ0) is 10.9. The van der Waals surface area contributed by atoms with Crippen LogP contribution in [-0.4, -0.2) is 12.7 Å². The number of hydrogen-bond donors (Lipinski definition) is 0. The van der Waals surface area contributed by atoms with E-state index < -0.39 is 5.79 Å². The van der Waals surface area contributed by atoms with Gasteiger partial charge in [0.25, 0.3) is 0 Å². The Morgan fingerprint density at radius 1 is 1.60 bits per heavy atom. The van der Waals surface area contributed by atoms with Crippen LogP contribution in [0.3, 0.4) is 0 Å². The number of carbonyl (C=O) groups excluding carboxylic acids is 1. The van der Waals surface area contributed by atoms with E-state index in [4.69, 9.17) is 4.74 Å². The molecule has 15 heavy (non-hydrogen) atoms. The Kier molecular flexibility index (Phi) is 2.29. The molecule has 0 N–H and O–H groups in total. The monoisotopic (exact) mass is 207 g/mol. The predicted octanol–water partition coefficient (Wildman–Crippen LogP) is 2.10. The molecule has 0 spiro atoms. The molecule has 1 aliphatic heterocycles. The lowest BCUT2D eigenvalue weighted by Crippen LogP contribution is -2.11. The van der Waals surface area contributed by atoms with Crippen molar-refractivity contribution in [1.29, 1.82) is 0 Å². The maximum atomic E-state index is 13.8. The van der Waals surface area contributed by atoms with Gasteiger partial charge in [0.15, 0.2) is 0 Å². The van der Waals surface area contributed by atoms with E-state index in [2.05, 4.69) is 4.99 Å². The molecule has 0 saturated carbocycles. The molecule has 1 aromatic carbocycles. The topological polar surface area (TPSA) is 38.7 Å². The third kappa shape index (κ3) is 1.76. The number of halogens is 1. The Bertz CT molecular complexity index is 436. The number of hydrogen-bond acceptors (Lipinski definition) is 3. The highest BCUT2D eigenvalue weighted by Crippen LogP contribution is 2.32. The van der Waals surface area contributed by atoms with Gasteiger partial charge in [-0.3, -0.25) is 0 Å². The van der Waals surface area contributed by atoms with Crippen LogP contribution in [0.2, 0.25) is 0 Å². The van der Waals surface area contributed by atoms with Crippen LogP contribution in [0.1, 0.15) is 18.1 Å². The molecular formula is C11H10FNO2. The van der Waals surface area contributed by atoms with Crippen LogP contribution in [0.5, 0.6) is 5.75 Å². The quantitative estimate of drug-likeness (QED) is 0.423. The number of rotatable bonds is 2. The summed E-state index contributed by atoms with van der Waals surface area (Å²) >= 11 is 0. The fourth-order valence-corrected chi connectivity index (χ4v) is 1.62. The Labute approximate surface area is 86.6 Å². The molecule has 0 saturated heterocycles. The van der Waals surface area contributed by atoms with E-state index in [1.54, 1.807) is 18.2 Å². The first kappa shape index (κ1) is 9.87. The number of benzene rings is 1. The van der Waals surface area contributed by atoms with E-state index in [-0.39, 0.29) is 0 Å². The molecule has 4 heteroatoms. The van der Waals surface area contributed by atoms with Gasteiger partial charge in [0.2, 0.25) is 11.9 Å². The van der Waals surface area contributed by atoms with E-state index in [0.29, 0.717) is 12.2 Å². The second-order valence-corrected chi connectivity index (χ2v) is 3.58. The molecule has 78 valence electrons. The first-order valence-electron chi connectivity index (χ1n) is 4.67. The summed E-state index contributed by atoms with van der Waals surface area (Å²) in [6.45, 7) is 1.86. The molecule has 0 radical (unpaired) electrons. The molecule has 3 nitrogen and oxygen atoms in total. The zero-order valence-electron chi connectivity index (χ0n) is 8.29. The molecular weight excluding hydrogens is 197 g/mol. The summed E-state index contributed by atoms with van der Waals surface area (Å²) < 4.78 is 19.1. The van der Waals surface area contributed by atoms with E-state index in [1.807, 2.05) is 0 Å². The summed E-state index contributed by atoms with van der Waals surface area (Å²) in [5.74, 6) is -1.22. The van der Waals surface area contributed by atoms with Gasteiger partial charge in [-0.2, -0.15) is 4.99 Å². The number of isocyanates is 1. The molecule has 1 aliphatic rings. The highest BCUT2D eigenvalue weighted by atomic mass is 19.1. The summed E-state index contributed by atoms with van der Waals surface area (Å²) in [5, 5.41) is 0. The molecule has 2 rings (SSSR count). The number of alkyl halides is 1. The highest BCUT2D eigenvalue weighted by Gasteiger charge is 2.26. The smallest absolute Gasteiger partial charge is 0.238 e. The second-order valence-electron chi connectivity index (χ2n) is 3.58. The SMILES string of the molecule is CC(F)(N=C=O)c1ccc2c(c1)CCO2. The second kappa shape index (κ2) is 3.48. The van der Waals surface area contributed by atoms with Crippen LogP contribution in [0.25, 0.3) is 0 Å². The lowest BCUT2D eigenvalue weighted by Gasteiger charge is -2.14. The first-order valence-corrected chi connectivity index (χ1v) is 4.67. The van der Waals surface area contributed by atoms with Gasteiger partial charge in [0.1, 0.15) is 5.75 Å². The van der Waals surface area contributed by atoms with Crippen molar-refractivity contribution in [2.24, 2.45) is 4.99 Å². The molecule has 1 unspecified atom stereocenters. The van der Waals surface area contributed by atoms with Crippen LogP contribution in [0, 0.1) is 0 Å². The average Bonchev–Trinajstić information content (AvgIpc) is 2.63. The van der Waals surface area contributed by atoms with Crippen molar-refractivity contribution in [2.45, 2.75) is 19.1 Å². The first-order chi connectivity index (χ1) is 7.13. The molecule has 0 bridgehead atoms. The predicted molar refractivity (Wildman–Crippen MR) is 52.2 cm³/mol. The van der Waals surface area contributed by atoms with Gasteiger partial charge in [-0.05, 0) is 24.6 Å². The van der Waals surface area contributed by atoms with Crippen molar-refractivity contribution in [3.8, 4) is 5.75 Å². The minimum absolute atomic E-state index is 0.357. The summed E-state index contributed by atoms with van der Waals surface area (Å²) in [4.78, 5) is 13.2. The van der Waals surface area contributed by atoms with Crippen molar-refractivity contribution in [1.82, 2.24) is 0 Å². The van der Waals surface area contributed by atoms with Gasteiger partial charge in [0, 0.05) is 12.0 Å². The van der Waals surface area contributed by atoms with Gasteiger partial charge >= 0.3 is 0 Å². The van der Waals surface area contributed by atoms with Gasteiger partial charge in [-0.25, -0.2) is 9.18 Å². The maximum absolute atomic E-state index is 13.8. The van der Waals surface area contributed by atoms with Gasteiger partial charge in [0.05, 0.1) is 6.61 Å². The minimum Gasteiger partial charge on any atom is -0.493 e.